The summed E-state index contributed by atoms with van der Waals surface area (Å²) in [4.78, 5) is 35.6. The minimum absolute atomic E-state index is 0.0253. The quantitative estimate of drug-likeness (QED) is 0.307. The van der Waals surface area contributed by atoms with Gasteiger partial charge in [0.15, 0.2) is 0 Å². The normalized spacial score (nSPS) is 31.4. The summed E-state index contributed by atoms with van der Waals surface area (Å²) >= 11 is 0. The first-order valence-electron chi connectivity index (χ1n) is 8.89. The van der Waals surface area contributed by atoms with Crippen molar-refractivity contribution in [1.82, 2.24) is 0 Å². The van der Waals surface area contributed by atoms with Crippen molar-refractivity contribution in [3.05, 3.63) is 49.1 Å². The van der Waals surface area contributed by atoms with Crippen LogP contribution in [0.5, 0.6) is 0 Å². The maximum Gasteiger partial charge on any atom is 0.336 e. The number of carbonyl (C=O) groups is 3. The van der Waals surface area contributed by atoms with Gasteiger partial charge in [0.25, 0.3) is 0 Å². The number of aliphatic hydroxyl groups is 1. The van der Waals surface area contributed by atoms with E-state index in [1.54, 1.807) is 6.08 Å². The molecule has 2 rings (SSSR count). The number of allylic oxidation sites excluding steroid dienone is 1. The van der Waals surface area contributed by atoms with Crippen LogP contribution in [-0.2, 0) is 28.6 Å². The fourth-order valence-corrected chi connectivity index (χ4v) is 3.97. The molecule has 0 spiro atoms. The van der Waals surface area contributed by atoms with Crippen LogP contribution in [0.1, 0.15) is 20.3 Å². The highest BCUT2D eigenvalue weighted by atomic mass is 16.6. The molecular weight excluding hydrogens is 364 g/mol. The molecule has 7 nitrogen and oxygen atoms in total. The molecule has 0 unspecified atom stereocenters. The van der Waals surface area contributed by atoms with Gasteiger partial charge in [0.05, 0.1) is 18.1 Å². The van der Waals surface area contributed by atoms with Crippen molar-refractivity contribution in [2.75, 3.05) is 13.2 Å². The molecule has 0 radical (unpaired) electrons. The second-order valence-corrected chi connectivity index (χ2v) is 7.46. The Bertz CT molecular complexity index is 750. The molecule has 0 bridgehead atoms. The molecule has 1 aliphatic carbocycles. The summed E-state index contributed by atoms with van der Waals surface area (Å²) in [6.07, 6.45) is 0.603. The maximum atomic E-state index is 12.2. The smallest absolute Gasteiger partial charge is 0.336 e. The van der Waals surface area contributed by atoms with E-state index in [1.807, 2.05) is 6.92 Å². The number of hydrogen-bond donors (Lipinski definition) is 1. The van der Waals surface area contributed by atoms with Gasteiger partial charge >= 0.3 is 17.9 Å². The Labute approximate surface area is 164 Å². The number of ether oxygens (including phenoxy) is 3. The zero-order chi connectivity index (χ0) is 21.2. The van der Waals surface area contributed by atoms with Crippen molar-refractivity contribution in [3.8, 4) is 0 Å². The van der Waals surface area contributed by atoms with E-state index in [-0.39, 0.29) is 17.8 Å². The van der Waals surface area contributed by atoms with Crippen LogP contribution in [0.4, 0.5) is 0 Å². The first-order valence-corrected chi connectivity index (χ1v) is 8.89. The molecule has 0 aromatic carbocycles. The average molecular weight is 390 g/mol. The Hall–Kier alpha value is -2.67. The molecule has 5 atom stereocenters. The Morgan fingerprint density at radius 2 is 2.04 bits per heavy atom. The fraction of sp³-hybridized carbons (Fsp3) is 0.476. The molecule has 0 aromatic rings. The highest BCUT2D eigenvalue weighted by Gasteiger charge is 2.58. The van der Waals surface area contributed by atoms with E-state index < -0.39 is 54.0 Å². The Morgan fingerprint density at radius 1 is 1.39 bits per heavy atom. The molecule has 2 fully saturated rings. The molecule has 2 aliphatic rings. The van der Waals surface area contributed by atoms with Gasteiger partial charge in [0.2, 0.25) is 0 Å². The minimum Gasteiger partial charge on any atom is -0.461 e. The van der Waals surface area contributed by atoms with Gasteiger partial charge < -0.3 is 19.3 Å². The standard InChI is InChI=1S/C21H26O7/c1-7-21(6)8-15(27-19(24)11(2)9-22)16-13(4)20(25)28-18(16)17(21)12(3)10-26-14(5)23/h7,15-18,22H,1-4,8-10H2,5-6H3/t15-,16+,17+,18-,21+/m0/s1. The highest BCUT2D eigenvalue weighted by Crippen LogP contribution is 2.53. The van der Waals surface area contributed by atoms with Crippen LogP contribution in [0.2, 0.25) is 0 Å². The summed E-state index contributed by atoms with van der Waals surface area (Å²) in [7, 11) is 0. The summed E-state index contributed by atoms with van der Waals surface area (Å²) in [5.41, 5.74) is 0.0250. The molecule has 0 amide bonds. The lowest BCUT2D eigenvalue weighted by Gasteiger charge is -2.48. The third kappa shape index (κ3) is 3.94. The Morgan fingerprint density at radius 3 is 2.57 bits per heavy atom. The third-order valence-electron chi connectivity index (χ3n) is 5.45. The van der Waals surface area contributed by atoms with E-state index in [0.29, 0.717) is 12.0 Å². The summed E-state index contributed by atoms with van der Waals surface area (Å²) in [5.74, 6) is -2.77. The van der Waals surface area contributed by atoms with E-state index in [0.717, 1.165) is 0 Å². The van der Waals surface area contributed by atoms with Crippen molar-refractivity contribution in [2.45, 2.75) is 32.5 Å². The lowest BCUT2D eigenvalue weighted by Crippen LogP contribution is -2.52. The van der Waals surface area contributed by atoms with Crippen molar-refractivity contribution >= 4 is 17.9 Å². The summed E-state index contributed by atoms with van der Waals surface area (Å²) < 4.78 is 16.2. The van der Waals surface area contributed by atoms with Crippen molar-refractivity contribution in [1.29, 1.82) is 0 Å². The van der Waals surface area contributed by atoms with Gasteiger partial charge in [-0.15, -0.1) is 6.58 Å². The van der Waals surface area contributed by atoms with Crippen LogP contribution in [0.3, 0.4) is 0 Å². The fourth-order valence-electron chi connectivity index (χ4n) is 3.97. The third-order valence-corrected chi connectivity index (χ3v) is 5.45. The number of aliphatic hydroxyl groups excluding tert-OH is 1. The predicted octanol–water partition coefficient (Wildman–Crippen LogP) is 1.88. The number of fused-ring (bicyclic) bond motifs is 1. The largest absolute Gasteiger partial charge is 0.461 e. The molecule has 1 saturated carbocycles. The minimum atomic E-state index is -0.748. The van der Waals surface area contributed by atoms with Gasteiger partial charge in [-0.3, -0.25) is 4.79 Å². The second-order valence-electron chi connectivity index (χ2n) is 7.46. The molecule has 0 aromatic heterocycles. The first-order chi connectivity index (χ1) is 13.1. The predicted molar refractivity (Wildman–Crippen MR) is 101 cm³/mol. The van der Waals surface area contributed by atoms with E-state index in [1.165, 1.54) is 6.92 Å². The number of carbonyl (C=O) groups excluding carboxylic acids is 3. The zero-order valence-corrected chi connectivity index (χ0v) is 16.2. The van der Waals surface area contributed by atoms with Crippen molar-refractivity contribution < 1.29 is 33.7 Å². The van der Waals surface area contributed by atoms with Gasteiger partial charge in [0.1, 0.15) is 18.8 Å². The van der Waals surface area contributed by atoms with Gasteiger partial charge in [-0.2, -0.15) is 0 Å². The molecule has 1 saturated heterocycles. The van der Waals surface area contributed by atoms with Gasteiger partial charge in [-0.1, -0.05) is 32.7 Å². The maximum absolute atomic E-state index is 12.2. The summed E-state index contributed by atoms with van der Waals surface area (Å²) in [6, 6.07) is 0. The lowest BCUT2D eigenvalue weighted by molar-refractivity contribution is -0.160. The molecule has 7 heteroatoms. The van der Waals surface area contributed by atoms with Crippen LogP contribution in [0, 0.1) is 17.3 Å². The van der Waals surface area contributed by atoms with E-state index in [4.69, 9.17) is 19.3 Å². The summed E-state index contributed by atoms with van der Waals surface area (Å²) in [6.45, 7) is 17.8. The van der Waals surface area contributed by atoms with Crippen LogP contribution in [0.25, 0.3) is 0 Å². The molecule has 1 heterocycles. The molecular formula is C21H26O7. The van der Waals surface area contributed by atoms with Crippen LogP contribution >= 0.6 is 0 Å². The topological polar surface area (TPSA) is 99.1 Å². The van der Waals surface area contributed by atoms with E-state index >= 15 is 0 Å². The van der Waals surface area contributed by atoms with Crippen molar-refractivity contribution in [2.24, 2.45) is 17.3 Å². The van der Waals surface area contributed by atoms with Crippen LogP contribution < -0.4 is 0 Å². The number of esters is 3. The van der Waals surface area contributed by atoms with Gasteiger partial charge in [0, 0.05) is 18.4 Å². The lowest BCUT2D eigenvalue weighted by atomic mass is 9.59. The zero-order valence-electron chi connectivity index (χ0n) is 16.2. The Balaban J connectivity index is 2.39. The SMILES string of the molecule is C=C[C@]1(C)C[C@H](OC(=O)C(=C)CO)[C@H]2C(=C)C(=O)O[C@@H]2[C@H]1C(=C)COC(C)=O. The second kappa shape index (κ2) is 8.14. The van der Waals surface area contributed by atoms with E-state index in [2.05, 4.69) is 26.3 Å². The van der Waals surface area contributed by atoms with Crippen LogP contribution in [-0.4, -0.2) is 48.4 Å². The average Bonchev–Trinajstić information content (AvgIpc) is 2.93. The van der Waals surface area contributed by atoms with E-state index in [9.17, 15) is 14.4 Å². The first kappa shape index (κ1) is 21.6. The molecule has 152 valence electrons. The molecule has 1 aliphatic heterocycles. The molecule has 1 N–H and O–H groups in total. The number of rotatable bonds is 7. The monoisotopic (exact) mass is 390 g/mol. The van der Waals surface area contributed by atoms with Gasteiger partial charge in [-0.05, 0) is 17.4 Å². The van der Waals surface area contributed by atoms with Crippen molar-refractivity contribution in [3.63, 3.8) is 0 Å². The summed E-state index contributed by atoms with van der Waals surface area (Å²) in [5, 5.41) is 9.12. The van der Waals surface area contributed by atoms with Crippen LogP contribution in [0.15, 0.2) is 49.1 Å². The Kier molecular flexibility index (Phi) is 6.29. The highest BCUT2D eigenvalue weighted by molar-refractivity contribution is 5.92. The van der Waals surface area contributed by atoms with Gasteiger partial charge in [-0.25, -0.2) is 9.59 Å². The molecule has 28 heavy (non-hydrogen) atoms. The number of hydrogen-bond acceptors (Lipinski definition) is 7.